The summed E-state index contributed by atoms with van der Waals surface area (Å²) in [7, 11) is 0. The van der Waals surface area contributed by atoms with E-state index in [9.17, 15) is 19.9 Å². The van der Waals surface area contributed by atoms with E-state index in [-0.39, 0.29) is 52.0 Å². The summed E-state index contributed by atoms with van der Waals surface area (Å²) in [6.07, 6.45) is 1.49. The number of furan rings is 1. The van der Waals surface area contributed by atoms with Crippen molar-refractivity contribution in [1.82, 2.24) is 10.5 Å². The van der Waals surface area contributed by atoms with Gasteiger partial charge in [-0.05, 0) is 41.6 Å². The van der Waals surface area contributed by atoms with Crippen LogP contribution in [0.2, 0.25) is 0 Å². The third kappa shape index (κ3) is 4.74. The molecular formula is C21H16N3O8-. The molecule has 11 nitrogen and oxygen atoms in total. The molecule has 164 valence electrons. The SMILES string of the molecule is O=Nc1ccc(Oc2cc(O)cc(O)c2-c2cc(C(=O)NCc3ccco3)no2)cc1.[OH-]. The molecule has 0 fully saturated rings. The molecule has 1 amide bonds. The Labute approximate surface area is 180 Å². The Kier molecular flexibility index (Phi) is 6.51. The molecule has 0 aliphatic carbocycles. The summed E-state index contributed by atoms with van der Waals surface area (Å²) in [4.78, 5) is 22.9. The number of phenolic OH excluding ortho intramolecular Hbond substituents is 2. The van der Waals surface area contributed by atoms with E-state index in [0.29, 0.717) is 11.5 Å². The van der Waals surface area contributed by atoms with E-state index in [2.05, 4.69) is 15.7 Å². The van der Waals surface area contributed by atoms with Gasteiger partial charge in [-0.2, -0.15) is 0 Å². The summed E-state index contributed by atoms with van der Waals surface area (Å²) in [6.45, 7) is 0.165. The van der Waals surface area contributed by atoms with E-state index in [1.165, 1.54) is 42.7 Å². The van der Waals surface area contributed by atoms with Crippen LogP contribution in [0, 0.1) is 4.91 Å². The van der Waals surface area contributed by atoms with Gasteiger partial charge in [-0.3, -0.25) is 4.79 Å². The molecule has 0 atom stereocenters. The number of ether oxygens (including phenoxy) is 1. The Morgan fingerprint density at radius 3 is 2.59 bits per heavy atom. The van der Waals surface area contributed by atoms with Crippen molar-refractivity contribution in [2.75, 3.05) is 0 Å². The molecule has 2 aromatic heterocycles. The third-order valence-corrected chi connectivity index (χ3v) is 4.23. The van der Waals surface area contributed by atoms with Crippen molar-refractivity contribution >= 4 is 11.6 Å². The molecular weight excluding hydrogens is 422 g/mol. The van der Waals surface area contributed by atoms with Crippen molar-refractivity contribution in [3.05, 3.63) is 77.2 Å². The van der Waals surface area contributed by atoms with Crippen molar-refractivity contribution < 1.29 is 34.2 Å². The van der Waals surface area contributed by atoms with Crippen LogP contribution in [0.3, 0.4) is 0 Å². The molecule has 0 unspecified atom stereocenters. The molecule has 4 aromatic rings. The maximum Gasteiger partial charge on any atom is 0.273 e. The maximum atomic E-state index is 12.3. The van der Waals surface area contributed by atoms with Crippen molar-refractivity contribution in [2.45, 2.75) is 6.54 Å². The van der Waals surface area contributed by atoms with Crippen LogP contribution in [0.25, 0.3) is 11.3 Å². The van der Waals surface area contributed by atoms with Crippen molar-refractivity contribution in [2.24, 2.45) is 5.18 Å². The van der Waals surface area contributed by atoms with Crippen LogP contribution < -0.4 is 10.1 Å². The molecule has 0 saturated heterocycles. The highest BCUT2D eigenvalue weighted by molar-refractivity contribution is 5.93. The summed E-state index contributed by atoms with van der Waals surface area (Å²) >= 11 is 0. The summed E-state index contributed by atoms with van der Waals surface area (Å²) in [5.41, 5.74) is 0.265. The summed E-state index contributed by atoms with van der Waals surface area (Å²) in [5, 5.41) is 29.4. The van der Waals surface area contributed by atoms with Gasteiger partial charge in [0.2, 0.25) is 0 Å². The van der Waals surface area contributed by atoms with Crippen LogP contribution in [0.15, 0.2) is 75.0 Å². The normalized spacial score (nSPS) is 10.2. The van der Waals surface area contributed by atoms with E-state index >= 15 is 0 Å². The minimum absolute atomic E-state index is 0. The number of amides is 1. The Balaban J connectivity index is 0.00000289. The molecule has 0 spiro atoms. The van der Waals surface area contributed by atoms with Gasteiger partial charge in [0, 0.05) is 18.2 Å². The zero-order valence-corrected chi connectivity index (χ0v) is 16.3. The molecule has 0 aliphatic rings. The van der Waals surface area contributed by atoms with E-state index in [0.717, 1.165) is 6.07 Å². The van der Waals surface area contributed by atoms with Gasteiger partial charge in [0.15, 0.2) is 11.5 Å². The number of aromatic hydroxyl groups is 2. The minimum Gasteiger partial charge on any atom is -0.870 e. The van der Waals surface area contributed by atoms with Gasteiger partial charge in [-0.25, -0.2) is 0 Å². The second kappa shape index (κ2) is 9.45. The monoisotopic (exact) mass is 438 g/mol. The Hall–Kier alpha value is -4.64. The first-order valence-corrected chi connectivity index (χ1v) is 8.98. The van der Waals surface area contributed by atoms with Gasteiger partial charge in [0.05, 0.1) is 12.8 Å². The number of rotatable bonds is 7. The van der Waals surface area contributed by atoms with Gasteiger partial charge in [0.25, 0.3) is 5.91 Å². The largest absolute Gasteiger partial charge is 0.870 e. The van der Waals surface area contributed by atoms with E-state index in [1.54, 1.807) is 12.1 Å². The maximum absolute atomic E-state index is 12.3. The van der Waals surface area contributed by atoms with E-state index < -0.39 is 5.91 Å². The number of benzene rings is 2. The Morgan fingerprint density at radius 2 is 1.91 bits per heavy atom. The standard InChI is InChI=1S/C21H15N3O7.H2O/c25-13-8-17(26)20(18(9-13)30-14-5-3-12(23-28)4-6-14)19-10-16(24-31-19)21(27)22-11-15-2-1-7-29-15;/h1-10,25-26H,11H2,(H,22,27);1H2/p-1. The predicted molar refractivity (Wildman–Crippen MR) is 109 cm³/mol. The van der Waals surface area contributed by atoms with Gasteiger partial charge in [-0.15, -0.1) is 4.91 Å². The lowest BCUT2D eigenvalue weighted by molar-refractivity contribution is 0.0939. The van der Waals surface area contributed by atoms with Crippen molar-refractivity contribution in [3.63, 3.8) is 0 Å². The zero-order chi connectivity index (χ0) is 21.8. The van der Waals surface area contributed by atoms with Crippen molar-refractivity contribution in [3.8, 4) is 34.3 Å². The fourth-order valence-electron chi connectivity index (χ4n) is 2.79. The van der Waals surface area contributed by atoms with Crippen LogP contribution in [-0.2, 0) is 6.54 Å². The number of hydrogen-bond donors (Lipinski definition) is 3. The number of nitrogens with zero attached hydrogens (tertiary/aromatic N) is 2. The third-order valence-electron chi connectivity index (χ3n) is 4.23. The number of carbonyl (C=O) groups is 1. The first-order chi connectivity index (χ1) is 15.0. The molecule has 0 saturated carbocycles. The van der Waals surface area contributed by atoms with Gasteiger partial charge >= 0.3 is 0 Å². The highest BCUT2D eigenvalue weighted by Crippen LogP contribution is 2.43. The highest BCUT2D eigenvalue weighted by atomic mass is 16.5. The summed E-state index contributed by atoms with van der Waals surface area (Å²) in [6, 6.07) is 13.0. The molecule has 32 heavy (non-hydrogen) atoms. The fraction of sp³-hybridized carbons (Fsp3) is 0.0476. The second-order valence-electron chi connectivity index (χ2n) is 6.36. The number of carbonyl (C=O) groups excluding carboxylic acids is 1. The lowest BCUT2D eigenvalue weighted by Gasteiger charge is -2.11. The molecule has 4 N–H and O–H groups in total. The molecule has 0 radical (unpaired) electrons. The Morgan fingerprint density at radius 1 is 1.12 bits per heavy atom. The lowest BCUT2D eigenvalue weighted by Crippen LogP contribution is -2.22. The van der Waals surface area contributed by atoms with Gasteiger partial charge in [0.1, 0.15) is 40.0 Å². The quantitative estimate of drug-likeness (QED) is 0.355. The molecule has 0 aliphatic heterocycles. The van der Waals surface area contributed by atoms with E-state index in [1.807, 2.05) is 0 Å². The van der Waals surface area contributed by atoms with Crippen LogP contribution in [0.4, 0.5) is 5.69 Å². The number of hydrogen-bond acceptors (Lipinski definition) is 10. The molecule has 11 heteroatoms. The molecule has 4 rings (SSSR count). The van der Waals surface area contributed by atoms with Crippen molar-refractivity contribution in [1.29, 1.82) is 0 Å². The molecule has 2 aromatic carbocycles. The van der Waals surface area contributed by atoms with Gasteiger partial charge in [-0.1, -0.05) is 5.16 Å². The first kappa shape index (κ1) is 22.1. The minimum atomic E-state index is -0.510. The first-order valence-electron chi connectivity index (χ1n) is 8.98. The smallest absolute Gasteiger partial charge is 0.273 e. The van der Waals surface area contributed by atoms with Crippen LogP contribution in [0.5, 0.6) is 23.0 Å². The average Bonchev–Trinajstić information content (AvgIpc) is 3.44. The summed E-state index contributed by atoms with van der Waals surface area (Å²) in [5.74, 6) is -0.138. The molecule has 2 heterocycles. The predicted octanol–water partition coefficient (Wildman–Crippen LogP) is 4.29. The topological polar surface area (TPSA) is 177 Å². The fourth-order valence-corrected chi connectivity index (χ4v) is 2.79. The highest BCUT2D eigenvalue weighted by Gasteiger charge is 2.21. The second-order valence-corrected chi connectivity index (χ2v) is 6.36. The van der Waals surface area contributed by atoms with Crippen LogP contribution >= 0.6 is 0 Å². The van der Waals surface area contributed by atoms with E-state index in [4.69, 9.17) is 13.7 Å². The van der Waals surface area contributed by atoms with Crippen LogP contribution in [0.1, 0.15) is 16.2 Å². The van der Waals surface area contributed by atoms with Crippen LogP contribution in [-0.4, -0.2) is 26.8 Å². The van der Waals surface area contributed by atoms with Gasteiger partial charge < -0.3 is 34.7 Å². The lowest BCUT2D eigenvalue weighted by atomic mass is 10.1. The molecule has 0 bridgehead atoms. The zero-order valence-electron chi connectivity index (χ0n) is 16.3. The Bertz CT molecular complexity index is 1220. The number of nitroso groups, excluding NO2 is 1. The number of nitrogens with one attached hydrogen (secondary N) is 1. The number of aromatic nitrogens is 1. The summed E-state index contributed by atoms with van der Waals surface area (Å²) < 4.78 is 16.1. The number of phenols is 2. The average molecular weight is 438 g/mol.